The van der Waals surface area contributed by atoms with Crippen molar-refractivity contribution < 1.29 is 8.42 Å². The molecular weight excluding hydrogens is 172 g/mol. The Morgan fingerprint density at radius 1 is 1.08 bits per heavy atom. The van der Waals surface area contributed by atoms with E-state index in [-0.39, 0.29) is 0 Å². The third-order valence-corrected chi connectivity index (χ3v) is 3.11. The van der Waals surface area contributed by atoms with Crippen LogP contribution < -0.4 is 0 Å². The highest BCUT2D eigenvalue weighted by molar-refractivity contribution is 7.73. The quantitative estimate of drug-likeness (QED) is 0.707. The molecule has 1 rings (SSSR count). The lowest BCUT2D eigenvalue weighted by Crippen LogP contribution is -2.18. The van der Waals surface area contributed by atoms with E-state index < -0.39 is 15.5 Å². The van der Waals surface area contributed by atoms with Crippen molar-refractivity contribution in [2.75, 3.05) is 0 Å². The predicted molar refractivity (Wildman–Crippen MR) is 49.8 cm³/mol. The average Bonchev–Trinajstić information content (AvgIpc) is 2.06. The van der Waals surface area contributed by atoms with Crippen molar-refractivity contribution >= 4 is 10.7 Å². The molecule has 2 nitrogen and oxygen atoms in total. The summed E-state index contributed by atoms with van der Waals surface area (Å²) in [5.74, 6) is 0. The second-order valence-corrected chi connectivity index (χ2v) is 4.81. The summed E-state index contributed by atoms with van der Waals surface area (Å²) in [7, 11) is -2.42. The molecule has 0 amide bonds. The maximum Gasteiger partial charge on any atom is 0.149 e. The van der Waals surface area contributed by atoms with E-state index in [0.717, 1.165) is 5.56 Å². The van der Waals surface area contributed by atoms with Crippen LogP contribution in [0.5, 0.6) is 0 Å². The number of thiol groups is 1. The van der Waals surface area contributed by atoms with E-state index in [1.165, 1.54) is 0 Å². The monoisotopic (exact) mass is 184 g/mol. The molecule has 0 aromatic heterocycles. The van der Waals surface area contributed by atoms with Gasteiger partial charge < -0.3 is 0 Å². The smallest absolute Gasteiger partial charge is 0.149 e. The van der Waals surface area contributed by atoms with Crippen molar-refractivity contribution in [3.05, 3.63) is 35.9 Å². The predicted octanol–water partition coefficient (Wildman–Crippen LogP) is 1.53. The second-order valence-electron chi connectivity index (χ2n) is 3.18. The molecule has 0 spiro atoms. The van der Waals surface area contributed by atoms with Crippen LogP contribution in [0.4, 0.5) is 0 Å². The molecule has 0 saturated heterocycles. The number of rotatable bonds is 2. The molecule has 0 radical (unpaired) electrons. The van der Waals surface area contributed by atoms with Crippen LogP contribution in [0.15, 0.2) is 30.3 Å². The van der Waals surface area contributed by atoms with Gasteiger partial charge in [0.1, 0.15) is 10.7 Å². The van der Waals surface area contributed by atoms with Crippen molar-refractivity contribution in [3.63, 3.8) is 0 Å². The highest BCUT2D eigenvalue weighted by Gasteiger charge is 2.23. The van der Waals surface area contributed by atoms with Gasteiger partial charge in [-0.25, -0.2) is 8.42 Å². The number of hydrogen-bond acceptors (Lipinski definition) is 2. The van der Waals surface area contributed by atoms with E-state index in [0.29, 0.717) is 0 Å². The summed E-state index contributed by atoms with van der Waals surface area (Å²) in [6.45, 7) is 3.40. The van der Waals surface area contributed by atoms with Gasteiger partial charge in [-0.1, -0.05) is 30.3 Å². The molecule has 12 heavy (non-hydrogen) atoms. The third-order valence-electron chi connectivity index (χ3n) is 1.94. The van der Waals surface area contributed by atoms with E-state index in [4.69, 9.17) is 0 Å². The van der Waals surface area contributed by atoms with Crippen molar-refractivity contribution in [2.45, 2.75) is 18.6 Å². The molecule has 0 fully saturated rings. The van der Waals surface area contributed by atoms with Crippen LogP contribution in [0.1, 0.15) is 19.4 Å². The largest absolute Gasteiger partial charge is 0.231 e. The van der Waals surface area contributed by atoms with Crippen LogP contribution >= 0.6 is 0 Å². The summed E-state index contributed by atoms with van der Waals surface area (Å²) in [6, 6.07) is 9.21. The molecule has 3 heteroatoms. The lowest BCUT2D eigenvalue weighted by atomic mass is 10.0. The lowest BCUT2D eigenvalue weighted by molar-refractivity contribution is 0.577. The summed E-state index contributed by atoms with van der Waals surface area (Å²) in [4.78, 5) is 0. The Bertz CT molecular complexity index is 318. The first kappa shape index (κ1) is 9.26. The second kappa shape index (κ2) is 3.27. The zero-order chi connectivity index (χ0) is 9.19. The number of hydrogen-bond donors (Lipinski definition) is 1. The normalized spacial score (nSPS) is 11.9. The molecule has 0 saturated carbocycles. The van der Waals surface area contributed by atoms with Gasteiger partial charge in [-0.15, -0.1) is 0 Å². The highest BCUT2D eigenvalue weighted by Crippen LogP contribution is 2.22. The van der Waals surface area contributed by atoms with E-state index in [2.05, 4.69) is 0 Å². The molecule has 0 aliphatic heterocycles. The Morgan fingerprint density at radius 2 is 1.58 bits per heavy atom. The Kier molecular flexibility index (Phi) is 2.52. The SMILES string of the molecule is CC(C)(c1ccccc1)[SH](=O)=O. The van der Waals surface area contributed by atoms with Gasteiger partial charge in [0.05, 0.1) is 4.75 Å². The summed E-state index contributed by atoms with van der Waals surface area (Å²) in [5.41, 5.74) is 0.834. The molecule has 0 heterocycles. The maximum absolute atomic E-state index is 10.9. The van der Waals surface area contributed by atoms with Crippen LogP contribution in [-0.4, -0.2) is 8.42 Å². The summed E-state index contributed by atoms with van der Waals surface area (Å²) in [6.07, 6.45) is 0. The summed E-state index contributed by atoms with van der Waals surface area (Å²) >= 11 is 0. The molecule has 1 aromatic carbocycles. The van der Waals surface area contributed by atoms with Crippen LogP contribution in [0.25, 0.3) is 0 Å². The minimum atomic E-state index is -2.42. The first-order valence-corrected chi connectivity index (χ1v) is 4.93. The maximum atomic E-state index is 10.9. The van der Waals surface area contributed by atoms with Crippen molar-refractivity contribution in [1.29, 1.82) is 0 Å². The Morgan fingerprint density at radius 3 is 2.00 bits per heavy atom. The fraction of sp³-hybridized carbons (Fsp3) is 0.333. The van der Waals surface area contributed by atoms with Crippen molar-refractivity contribution in [1.82, 2.24) is 0 Å². The van der Waals surface area contributed by atoms with Gasteiger partial charge in [0, 0.05) is 0 Å². The minimum Gasteiger partial charge on any atom is -0.231 e. The summed E-state index contributed by atoms with van der Waals surface area (Å²) < 4.78 is 21.0. The van der Waals surface area contributed by atoms with Gasteiger partial charge >= 0.3 is 0 Å². The van der Waals surface area contributed by atoms with E-state index in [9.17, 15) is 8.42 Å². The van der Waals surface area contributed by atoms with Gasteiger partial charge in [-0.05, 0) is 19.4 Å². The van der Waals surface area contributed by atoms with E-state index >= 15 is 0 Å². The molecule has 1 aromatic rings. The molecule has 0 unspecified atom stereocenters. The van der Waals surface area contributed by atoms with Crippen molar-refractivity contribution in [3.8, 4) is 0 Å². The lowest BCUT2D eigenvalue weighted by Gasteiger charge is -2.16. The highest BCUT2D eigenvalue weighted by atomic mass is 32.2. The van der Waals surface area contributed by atoms with Gasteiger partial charge in [0.15, 0.2) is 0 Å². The van der Waals surface area contributed by atoms with E-state index in [1.807, 2.05) is 30.3 Å². The first-order chi connectivity index (χ1) is 5.55. The first-order valence-electron chi connectivity index (χ1n) is 3.75. The molecule has 0 N–H and O–H groups in total. The molecule has 0 aliphatic carbocycles. The Balaban J connectivity index is 3.15. The standard InChI is InChI=1S/C9H12O2S/c1-9(2,12(10)11)8-6-4-3-5-7-8/h3-7,12H,1-2H3. The topological polar surface area (TPSA) is 34.1 Å². The van der Waals surface area contributed by atoms with E-state index in [1.54, 1.807) is 13.8 Å². The third kappa shape index (κ3) is 1.67. The Labute approximate surface area is 74.2 Å². The summed E-state index contributed by atoms with van der Waals surface area (Å²) in [5, 5.41) is 0. The minimum absolute atomic E-state index is 0.753. The molecule has 0 atom stereocenters. The van der Waals surface area contributed by atoms with Crippen LogP contribution in [0.2, 0.25) is 0 Å². The molecule has 0 aliphatic rings. The van der Waals surface area contributed by atoms with Crippen LogP contribution in [-0.2, 0) is 15.5 Å². The van der Waals surface area contributed by atoms with Crippen LogP contribution in [0.3, 0.4) is 0 Å². The van der Waals surface area contributed by atoms with Crippen molar-refractivity contribution in [2.24, 2.45) is 0 Å². The van der Waals surface area contributed by atoms with Gasteiger partial charge in [-0.2, -0.15) is 0 Å². The number of benzene rings is 1. The van der Waals surface area contributed by atoms with Gasteiger partial charge in [0.2, 0.25) is 0 Å². The zero-order valence-electron chi connectivity index (χ0n) is 7.15. The Hall–Kier alpha value is -0.830. The molecular formula is C9H12O2S. The van der Waals surface area contributed by atoms with Gasteiger partial charge in [-0.3, -0.25) is 0 Å². The van der Waals surface area contributed by atoms with Gasteiger partial charge in [0.25, 0.3) is 0 Å². The zero-order valence-corrected chi connectivity index (χ0v) is 8.04. The molecule has 0 bridgehead atoms. The fourth-order valence-corrected chi connectivity index (χ4v) is 1.31. The molecule has 66 valence electrons. The van der Waals surface area contributed by atoms with Crippen LogP contribution in [0, 0.1) is 0 Å². The average molecular weight is 184 g/mol. The fourth-order valence-electron chi connectivity index (χ4n) is 0.951.